The second-order valence-corrected chi connectivity index (χ2v) is 5.70. The third kappa shape index (κ3) is 4.48. The molecule has 2 rings (SSSR count). The van der Waals surface area contributed by atoms with Crippen LogP contribution in [0.25, 0.3) is 0 Å². The van der Waals surface area contributed by atoms with Crippen LogP contribution < -0.4 is 11.1 Å². The van der Waals surface area contributed by atoms with Crippen molar-refractivity contribution in [2.45, 2.75) is 44.9 Å². The van der Waals surface area contributed by atoms with E-state index in [1.807, 2.05) is 0 Å². The summed E-state index contributed by atoms with van der Waals surface area (Å²) in [6.45, 7) is 0. The number of nitrogen functional groups attached to an aromatic ring is 1. The molecule has 5 heteroatoms. The Morgan fingerprint density at radius 1 is 1.24 bits per heavy atom. The van der Waals surface area contributed by atoms with Crippen molar-refractivity contribution < 1.29 is 14.7 Å². The highest BCUT2D eigenvalue weighted by Gasteiger charge is 2.16. The van der Waals surface area contributed by atoms with Gasteiger partial charge in [0.1, 0.15) is 0 Å². The molecule has 0 unspecified atom stereocenters. The molecule has 0 bridgehead atoms. The van der Waals surface area contributed by atoms with Crippen LogP contribution in [-0.2, 0) is 4.79 Å². The maximum Gasteiger partial charge on any atom is 0.337 e. The van der Waals surface area contributed by atoms with E-state index < -0.39 is 5.97 Å². The van der Waals surface area contributed by atoms with Gasteiger partial charge < -0.3 is 16.2 Å². The quantitative estimate of drug-likeness (QED) is 0.726. The van der Waals surface area contributed by atoms with Crippen LogP contribution in [0.2, 0.25) is 0 Å². The van der Waals surface area contributed by atoms with E-state index in [-0.39, 0.29) is 11.5 Å². The summed E-state index contributed by atoms with van der Waals surface area (Å²) in [7, 11) is 0. The fourth-order valence-corrected chi connectivity index (χ4v) is 2.87. The maximum atomic E-state index is 12.0. The Labute approximate surface area is 124 Å². The van der Waals surface area contributed by atoms with Gasteiger partial charge >= 0.3 is 5.97 Å². The molecule has 1 amide bonds. The SMILES string of the molecule is Nc1ccc(NC(=O)CCC2CCCCC2)c(C(=O)O)c1. The predicted molar refractivity (Wildman–Crippen MR) is 82.3 cm³/mol. The zero-order valence-electron chi connectivity index (χ0n) is 12.1. The molecule has 1 fully saturated rings. The van der Waals surface area contributed by atoms with Crippen molar-refractivity contribution in [1.29, 1.82) is 0 Å². The Hall–Kier alpha value is -2.04. The highest BCUT2D eigenvalue weighted by Crippen LogP contribution is 2.27. The van der Waals surface area contributed by atoms with Gasteiger partial charge in [-0.25, -0.2) is 4.79 Å². The monoisotopic (exact) mass is 290 g/mol. The number of carbonyl (C=O) groups excluding carboxylic acids is 1. The molecule has 0 radical (unpaired) electrons. The van der Waals surface area contributed by atoms with Gasteiger partial charge in [-0.2, -0.15) is 0 Å². The molecule has 0 aromatic heterocycles. The Morgan fingerprint density at radius 2 is 1.95 bits per heavy atom. The van der Waals surface area contributed by atoms with E-state index in [1.165, 1.54) is 44.2 Å². The highest BCUT2D eigenvalue weighted by atomic mass is 16.4. The Bertz CT molecular complexity index is 522. The smallest absolute Gasteiger partial charge is 0.337 e. The summed E-state index contributed by atoms with van der Waals surface area (Å²) in [4.78, 5) is 23.1. The highest BCUT2D eigenvalue weighted by molar-refractivity contribution is 6.01. The largest absolute Gasteiger partial charge is 0.478 e. The number of nitrogens with one attached hydrogen (secondary N) is 1. The molecule has 0 spiro atoms. The van der Waals surface area contributed by atoms with E-state index in [2.05, 4.69) is 5.32 Å². The second kappa shape index (κ2) is 7.11. The van der Waals surface area contributed by atoms with Gasteiger partial charge in [-0.05, 0) is 30.5 Å². The minimum absolute atomic E-state index is 0.0287. The van der Waals surface area contributed by atoms with Crippen LogP contribution in [0.1, 0.15) is 55.3 Å². The van der Waals surface area contributed by atoms with Gasteiger partial charge in [0, 0.05) is 12.1 Å². The molecular weight excluding hydrogens is 268 g/mol. The van der Waals surface area contributed by atoms with Crippen LogP contribution in [0.5, 0.6) is 0 Å². The van der Waals surface area contributed by atoms with Crippen molar-refractivity contribution in [2.75, 3.05) is 11.1 Å². The van der Waals surface area contributed by atoms with Gasteiger partial charge in [-0.3, -0.25) is 4.79 Å². The van der Waals surface area contributed by atoms with Crippen molar-refractivity contribution in [3.8, 4) is 0 Å². The molecule has 1 aromatic rings. The van der Waals surface area contributed by atoms with Crippen LogP contribution in [-0.4, -0.2) is 17.0 Å². The fourth-order valence-electron chi connectivity index (χ4n) is 2.87. The van der Waals surface area contributed by atoms with Crippen LogP contribution in [0.4, 0.5) is 11.4 Å². The van der Waals surface area contributed by atoms with Gasteiger partial charge in [-0.15, -0.1) is 0 Å². The number of carboxylic acid groups (broad SMARTS) is 1. The number of aromatic carboxylic acids is 1. The number of benzene rings is 1. The van der Waals surface area contributed by atoms with Gasteiger partial charge in [0.2, 0.25) is 5.91 Å². The minimum atomic E-state index is -1.09. The van der Waals surface area contributed by atoms with Crippen LogP contribution in [0.3, 0.4) is 0 Å². The number of amides is 1. The van der Waals surface area contributed by atoms with Crippen molar-refractivity contribution in [3.05, 3.63) is 23.8 Å². The third-order valence-electron chi connectivity index (χ3n) is 4.05. The molecule has 1 aromatic carbocycles. The van der Waals surface area contributed by atoms with Crippen molar-refractivity contribution >= 4 is 23.3 Å². The zero-order valence-corrected chi connectivity index (χ0v) is 12.1. The molecule has 0 heterocycles. The summed E-state index contributed by atoms with van der Waals surface area (Å²) < 4.78 is 0. The van der Waals surface area contributed by atoms with E-state index in [0.717, 1.165) is 6.42 Å². The number of carbonyl (C=O) groups is 2. The first kappa shape index (κ1) is 15.4. The van der Waals surface area contributed by atoms with Crippen LogP contribution >= 0.6 is 0 Å². The summed E-state index contributed by atoms with van der Waals surface area (Å²) in [5.41, 5.74) is 6.28. The third-order valence-corrected chi connectivity index (χ3v) is 4.05. The normalized spacial score (nSPS) is 15.6. The molecule has 21 heavy (non-hydrogen) atoms. The number of hydrogen-bond donors (Lipinski definition) is 3. The zero-order chi connectivity index (χ0) is 15.2. The summed E-state index contributed by atoms with van der Waals surface area (Å²) in [6.07, 6.45) is 7.54. The van der Waals surface area contributed by atoms with E-state index in [9.17, 15) is 9.59 Å². The van der Waals surface area contributed by atoms with Crippen molar-refractivity contribution in [2.24, 2.45) is 5.92 Å². The van der Waals surface area contributed by atoms with Crippen molar-refractivity contribution in [1.82, 2.24) is 0 Å². The average molecular weight is 290 g/mol. The molecule has 114 valence electrons. The van der Waals surface area contributed by atoms with E-state index in [1.54, 1.807) is 6.07 Å². The summed E-state index contributed by atoms with van der Waals surface area (Å²) in [6, 6.07) is 4.49. The topological polar surface area (TPSA) is 92.4 Å². The second-order valence-electron chi connectivity index (χ2n) is 5.70. The molecule has 0 atom stereocenters. The number of hydrogen-bond acceptors (Lipinski definition) is 3. The van der Waals surface area contributed by atoms with Gasteiger partial charge in [0.05, 0.1) is 11.3 Å². The summed E-state index contributed by atoms with van der Waals surface area (Å²) >= 11 is 0. The van der Waals surface area contributed by atoms with Gasteiger partial charge in [0.25, 0.3) is 0 Å². The summed E-state index contributed by atoms with van der Waals surface area (Å²) in [5.74, 6) is -0.590. The van der Waals surface area contributed by atoms with Gasteiger partial charge in [0.15, 0.2) is 0 Å². The number of rotatable bonds is 5. The molecule has 4 N–H and O–H groups in total. The first-order valence-electron chi connectivity index (χ1n) is 7.49. The average Bonchev–Trinajstić information content (AvgIpc) is 2.48. The molecule has 1 saturated carbocycles. The summed E-state index contributed by atoms with van der Waals surface area (Å²) in [5, 5.41) is 11.8. The van der Waals surface area contributed by atoms with E-state index in [0.29, 0.717) is 23.7 Å². The molecule has 1 aliphatic rings. The molecule has 0 aliphatic heterocycles. The molecular formula is C16H22N2O3. The molecule has 0 saturated heterocycles. The Balaban J connectivity index is 1.91. The first-order chi connectivity index (χ1) is 10.1. The lowest BCUT2D eigenvalue weighted by Gasteiger charge is -2.21. The van der Waals surface area contributed by atoms with E-state index in [4.69, 9.17) is 10.8 Å². The lowest BCUT2D eigenvalue weighted by atomic mass is 9.86. The molecule has 5 nitrogen and oxygen atoms in total. The van der Waals surface area contributed by atoms with Crippen LogP contribution in [0.15, 0.2) is 18.2 Å². The van der Waals surface area contributed by atoms with Crippen LogP contribution in [0, 0.1) is 5.92 Å². The first-order valence-corrected chi connectivity index (χ1v) is 7.49. The van der Waals surface area contributed by atoms with Crippen molar-refractivity contribution in [3.63, 3.8) is 0 Å². The van der Waals surface area contributed by atoms with E-state index >= 15 is 0 Å². The lowest BCUT2D eigenvalue weighted by molar-refractivity contribution is -0.116. The lowest BCUT2D eigenvalue weighted by Crippen LogP contribution is -2.16. The number of anilines is 2. The van der Waals surface area contributed by atoms with Gasteiger partial charge in [-0.1, -0.05) is 32.1 Å². The molecule has 1 aliphatic carbocycles. The Morgan fingerprint density at radius 3 is 2.62 bits per heavy atom. The Kier molecular flexibility index (Phi) is 5.20. The number of carboxylic acids is 1. The maximum absolute atomic E-state index is 12.0. The standard InChI is InChI=1S/C16H22N2O3/c17-12-7-8-14(13(10-12)16(20)21)18-15(19)9-6-11-4-2-1-3-5-11/h7-8,10-11H,1-6,9,17H2,(H,18,19)(H,20,21). The minimum Gasteiger partial charge on any atom is -0.478 e. The predicted octanol–water partition coefficient (Wildman–Crippen LogP) is 3.27. The fraction of sp³-hybridized carbons (Fsp3) is 0.500. The number of nitrogens with two attached hydrogens (primary N) is 1.